The summed E-state index contributed by atoms with van der Waals surface area (Å²) in [4.78, 5) is 24.7. The van der Waals surface area contributed by atoms with Crippen LogP contribution in [0, 0.1) is 10.1 Å². The maximum absolute atomic E-state index is 12.4. The van der Waals surface area contributed by atoms with E-state index in [1.54, 1.807) is 17.0 Å². The molecule has 0 saturated carbocycles. The van der Waals surface area contributed by atoms with E-state index >= 15 is 0 Å². The fraction of sp³-hybridized carbons (Fsp3) is 0.316. The second kappa shape index (κ2) is 8.44. The first-order valence-electron chi connectivity index (χ1n) is 8.45. The number of nitrogens with zero attached hydrogens (tertiary/aromatic N) is 2. The first-order valence-corrected chi connectivity index (χ1v) is 8.45. The Balaban J connectivity index is 1.53. The van der Waals surface area contributed by atoms with Gasteiger partial charge >= 0.3 is 5.69 Å². The van der Waals surface area contributed by atoms with Gasteiger partial charge in [0.1, 0.15) is 6.10 Å². The minimum Gasteiger partial charge on any atom is -0.486 e. The van der Waals surface area contributed by atoms with Gasteiger partial charge in [0, 0.05) is 12.6 Å². The predicted octanol–water partition coefficient (Wildman–Crippen LogP) is 2.96. The quantitative estimate of drug-likeness (QED) is 0.587. The minimum absolute atomic E-state index is 0.0483. The van der Waals surface area contributed by atoms with Crippen molar-refractivity contribution in [3.63, 3.8) is 0 Å². The molecule has 0 radical (unpaired) electrons. The number of carbonyl (C=O) groups is 1. The second-order valence-corrected chi connectivity index (χ2v) is 5.93. The number of morpholine rings is 1. The lowest BCUT2D eigenvalue weighted by Crippen LogP contribution is -2.42. The summed E-state index contributed by atoms with van der Waals surface area (Å²) in [6, 6.07) is 15.9. The standard InChI is InChI=1S/C19H20N2O5/c22-19(10-12-25-17-9-5-4-8-16(17)21(23)24)20-11-13-26-18(14-20)15-6-2-1-3-7-15/h1-9,18H,10-14H2. The lowest BCUT2D eigenvalue weighted by Gasteiger charge is -2.33. The summed E-state index contributed by atoms with van der Waals surface area (Å²) in [5.41, 5.74) is 0.941. The molecule has 0 bridgehead atoms. The molecular formula is C19H20N2O5. The van der Waals surface area contributed by atoms with Gasteiger partial charge in [0.2, 0.25) is 5.91 Å². The molecule has 1 fully saturated rings. The normalized spacial score (nSPS) is 16.9. The largest absolute Gasteiger partial charge is 0.486 e. The van der Waals surface area contributed by atoms with Gasteiger partial charge in [-0.25, -0.2) is 0 Å². The molecule has 2 aromatic carbocycles. The van der Waals surface area contributed by atoms with E-state index in [-0.39, 0.29) is 36.5 Å². The molecule has 1 aliphatic rings. The summed E-state index contributed by atoms with van der Waals surface area (Å²) in [5.74, 6) is 0.127. The van der Waals surface area contributed by atoms with Gasteiger partial charge in [-0.15, -0.1) is 0 Å². The highest BCUT2D eigenvalue weighted by Crippen LogP contribution is 2.26. The van der Waals surface area contributed by atoms with E-state index in [1.165, 1.54) is 12.1 Å². The summed E-state index contributed by atoms with van der Waals surface area (Å²) >= 11 is 0. The molecule has 1 amide bonds. The van der Waals surface area contributed by atoms with E-state index in [9.17, 15) is 14.9 Å². The molecule has 0 aromatic heterocycles. The molecular weight excluding hydrogens is 336 g/mol. The van der Waals surface area contributed by atoms with Gasteiger partial charge < -0.3 is 14.4 Å². The SMILES string of the molecule is O=C(CCOc1ccccc1[N+](=O)[O-])N1CCOC(c2ccccc2)C1. The van der Waals surface area contributed by atoms with Crippen LogP contribution in [0.15, 0.2) is 54.6 Å². The van der Waals surface area contributed by atoms with Gasteiger partial charge in [0.15, 0.2) is 5.75 Å². The molecule has 0 N–H and O–H groups in total. The lowest BCUT2D eigenvalue weighted by atomic mass is 10.1. The van der Waals surface area contributed by atoms with Gasteiger partial charge in [-0.1, -0.05) is 42.5 Å². The molecule has 1 atom stereocenters. The molecule has 2 aromatic rings. The van der Waals surface area contributed by atoms with Crippen LogP contribution in [-0.4, -0.2) is 42.0 Å². The van der Waals surface area contributed by atoms with Crippen molar-refractivity contribution in [3.05, 3.63) is 70.3 Å². The Morgan fingerprint density at radius 1 is 1.19 bits per heavy atom. The van der Waals surface area contributed by atoms with Crippen molar-refractivity contribution in [2.75, 3.05) is 26.3 Å². The molecule has 7 heteroatoms. The first kappa shape index (κ1) is 17.9. The van der Waals surface area contributed by atoms with Crippen LogP contribution in [-0.2, 0) is 9.53 Å². The van der Waals surface area contributed by atoms with Crippen molar-refractivity contribution in [3.8, 4) is 5.75 Å². The van der Waals surface area contributed by atoms with Gasteiger partial charge in [-0.2, -0.15) is 0 Å². The van der Waals surface area contributed by atoms with Crippen LogP contribution in [0.1, 0.15) is 18.1 Å². The predicted molar refractivity (Wildman–Crippen MR) is 94.9 cm³/mol. The highest BCUT2D eigenvalue weighted by Gasteiger charge is 2.25. The van der Waals surface area contributed by atoms with Crippen LogP contribution in [0.4, 0.5) is 5.69 Å². The number of rotatable bonds is 6. The number of amides is 1. The van der Waals surface area contributed by atoms with Crippen molar-refractivity contribution in [2.24, 2.45) is 0 Å². The lowest BCUT2D eigenvalue weighted by molar-refractivity contribution is -0.385. The summed E-state index contributed by atoms with van der Waals surface area (Å²) in [6.45, 7) is 1.61. The zero-order valence-electron chi connectivity index (χ0n) is 14.2. The molecule has 1 heterocycles. The Kier molecular flexibility index (Phi) is 5.80. The van der Waals surface area contributed by atoms with Crippen LogP contribution in [0.2, 0.25) is 0 Å². The molecule has 3 rings (SSSR count). The van der Waals surface area contributed by atoms with E-state index in [2.05, 4.69) is 0 Å². The molecule has 1 aliphatic heterocycles. The van der Waals surface area contributed by atoms with E-state index < -0.39 is 4.92 Å². The van der Waals surface area contributed by atoms with Crippen molar-refractivity contribution >= 4 is 11.6 Å². The maximum atomic E-state index is 12.4. The van der Waals surface area contributed by atoms with Gasteiger partial charge in [0.25, 0.3) is 0 Å². The number of ether oxygens (including phenoxy) is 2. The fourth-order valence-electron chi connectivity index (χ4n) is 2.88. The second-order valence-electron chi connectivity index (χ2n) is 5.93. The van der Waals surface area contributed by atoms with Crippen molar-refractivity contribution in [1.82, 2.24) is 4.90 Å². The van der Waals surface area contributed by atoms with Crippen molar-refractivity contribution in [1.29, 1.82) is 0 Å². The Morgan fingerprint density at radius 2 is 1.92 bits per heavy atom. The molecule has 7 nitrogen and oxygen atoms in total. The number of hydrogen-bond donors (Lipinski definition) is 0. The number of nitro benzene ring substituents is 1. The average molecular weight is 356 g/mol. The molecule has 1 saturated heterocycles. The van der Waals surface area contributed by atoms with E-state index in [4.69, 9.17) is 9.47 Å². The summed E-state index contributed by atoms with van der Waals surface area (Å²) < 4.78 is 11.2. The third-order valence-corrected chi connectivity index (χ3v) is 4.23. The third kappa shape index (κ3) is 4.37. The zero-order valence-corrected chi connectivity index (χ0v) is 14.2. The summed E-state index contributed by atoms with van der Waals surface area (Å²) in [5, 5.41) is 11.0. The van der Waals surface area contributed by atoms with Gasteiger partial charge in [-0.3, -0.25) is 14.9 Å². The van der Waals surface area contributed by atoms with Crippen LogP contribution in [0.3, 0.4) is 0 Å². The Morgan fingerprint density at radius 3 is 2.69 bits per heavy atom. The topological polar surface area (TPSA) is 81.9 Å². The first-order chi connectivity index (χ1) is 12.6. The smallest absolute Gasteiger partial charge is 0.310 e. The highest BCUT2D eigenvalue weighted by molar-refractivity contribution is 5.76. The number of carbonyl (C=O) groups excluding carboxylic acids is 1. The monoisotopic (exact) mass is 356 g/mol. The molecule has 136 valence electrons. The average Bonchev–Trinajstić information content (AvgIpc) is 2.69. The van der Waals surface area contributed by atoms with E-state index in [0.29, 0.717) is 19.7 Å². The number of nitro groups is 1. The van der Waals surface area contributed by atoms with E-state index in [0.717, 1.165) is 5.56 Å². The van der Waals surface area contributed by atoms with Gasteiger partial charge in [-0.05, 0) is 11.6 Å². The third-order valence-electron chi connectivity index (χ3n) is 4.23. The molecule has 0 spiro atoms. The van der Waals surface area contributed by atoms with Crippen LogP contribution >= 0.6 is 0 Å². The Bertz CT molecular complexity index is 766. The maximum Gasteiger partial charge on any atom is 0.310 e. The summed E-state index contributed by atoms with van der Waals surface area (Å²) in [7, 11) is 0. The highest BCUT2D eigenvalue weighted by atomic mass is 16.6. The number of benzene rings is 2. The van der Waals surface area contributed by atoms with Crippen molar-refractivity contribution < 1.29 is 19.2 Å². The van der Waals surface area contributed by atoms with E-state index in [1.807, 2.05) is 30.3 Å². The van der Waals surface area contributed by atoms with Crippen LogP contribution in [0.5, 0.6) is 5.75 Å². The molecule has 26 heavy (non-hydrogen) atoms. The summed E-state index contributed by atoms with van der Waals surface area (Å²) in [6.07, 6.45) is 0.0260. The van der Waals surface area contributed by atoms with Crippen LogP contribution in [0.25, 0.3) is 0 Å². The van der Waals surface area contributed by atoms with Crippen LogP contribution < -0.4 is 4.74 Å². The number of para-hydroxylation sites is 2. The Hall–Kier alpha value is -2.93. The number of hydrogen-bond acceptors (Lipinski definition) is 5. The zero-order chi connectivity index (χ0) is 18.4. The Labute approximate surface area is 151 Å². The molecule has 0 aliphatic carbocycles. The fourth-order valence-corrected chi connectivity index (χ4v) is 2.88. The van der Waals surface area contributed by atoms with Gasteiger partial charge in [0.05, 0.1) is 31.1 Å². The van der Waals surface area contributed by atoms with Crippen molar-refractivity contribution in [2.45, 2.75) is 12.5 Å². The minimum atomic E-state index is -0.496. The molecule has 1 unspecified atom stereocenters.